The lowest BCUT2D eigenvalue weighted by Crippen LogP contribution is -2.49. The molecule has 1 aliphatic rings. The maximum absolute atomic E-state index is 12.6. The lowest BCUT2D eigenvalue weighted by molar-refractivity contribution is -0.0530. The summed E-state index contributed by atoms with van der Waals surface area (Å²) in [5, 5.41) is 7.56. The van der Waals surface area contributed by atoms with E-state index in [0.29, 0.717) is 24.9 Å². The molecule has 6 heteroatoms. The summed E-state index contributed by atoms with van der Waals surface area (Å²) >= 11 is 0. The predicted octanol–water partition coefficient (Wildman–Crippen LogP) is 3.69. The molecule has 24 heavy (non-hydrogen) atoms. The summed E-state index contributed by atoms with van der Waals surface area (Å²) in [4.78, 5) is 14.5. The molecule has 1 aliphatic heterocycles. The number of morpholine rings is 1. The van der Waals surface area contributed by atoms with Crippen molar-refractivity contribution in [2.24, 2.45) is 5.92 Å². The number of ether oxygens (including phenoxy) is 1. The predicted molar refractivity (Wildman–Crippen MR) is 96.4 cm³/mol. The van der Waals surface area contributed by atoms with Gasteiger partial charge in [-0.2, -0.15) is 5.10 Å². The molecular formula is C18H32N4O2. The molecule has 2 heterocycles. The molecular weight excluding hydrogens is 304 g/mol. The molecule has 1 aromatic heterocycles. The van der Waals surface area contributed by atoms with Crippen molar-refractivity contribution in [3.8, 4) is 0 Å². The molecule has 0 radical (unpaired) electrons. The van der Waals surface area contributed by atoms with Crippen molar-refractivity contribution in [2.45, 2.75) is 72.6 Å². The van der Waals surface area contributed by atoms with Crippen LogP contribution in [0.4, 0.5) is 10.5 Å². The largest absolute Gasteiger partial charge is 0.372 e. The summed E-state index contributed by atoms with van der Waals surface area (Å²) in [6, 6.07) is -0.0673. The number of rotatable bonds is 5. The summed E-state index contributed by atoms with van der Waals surface area (Å²) in [5.41, 5.74) is 1.92. The van der Waals surface area contributed by atoms with Crippen molar-refractivity contribution >= 4 is 11.7 Å². The van der Waals surface area contributed by atoms with E-state index >= 15 is 0 Å². The number of anilines is 1. The average molecular weight is 336 g/mol. The van der Waals surface area contributed by atoms with Crippen LogP contribution in [0.2, 0.25) is 0 Å². The average Bonchev–Trinajstić information content (AvgIpc) is 2.86. The van der Waals surface area contributed by atoms with Gasteiger partial charge in [0.25, 0.3) is 0 Å². The number of nitrogens with zero attached hydrogens (tertiary/aromatic N) is 3. The fourth-order valence-corrected chi connectivity index (χ4v) is 3.20. The third-order valence-corrected chi connectivity index (χ3v) is 4.29. The van der Waals surface area contributed by atoms with Gasteiger partial charge in [0.1, 0.15) is 0 Å². The smallest absolute Gasteiger partial charge is 0.322 e. The summed E-state index contributed by atoms with van der Waals surface area (Å²) in [5.74, 6) is 0.932. The van der Waals surface area contributed by atoms with Crippen LogP contribution in [-0.4, -0.2) is 46.0 Å². The van der Waals surface area contributed by atoms with Crippen LogP contribution in [0.15, 0.2) is 6.20 Å². The zero-order chi connectivity index (χ0) is 17.9. The number of hydrogen-bond donors (Lipinski definition) is 1. The monoisotopic (exact) mass is 336 g/mol. The number of urea groups is 1. The van der Waals surface area contributed by atoms with E-state index in [1.54, 1.807) is 6.20 Å². The number of hydrogen-bond acceptors (Lipinski definition) is 3. The molecule has 1 saturated heterocycles. The molecule has 2 amide bonds. The Balaban J connectivity index is 2.09. The van der Waals surface area contributed by atoms with Crippen LogP contribution < -0.4 is 5.32 Å². The van der Waals surface area contributed by atoms with Gasteiger partial charge in [-0.05, 0) is 32.1 Å². The second-order valence-electron chi connectivity index (χ2n) is 7.60. The highest BCUT2D eigenvalue weighted by Gasteiger charge is 2.27. The van der Waals surface area contributed by atoms with Crippen LogP contribution in [0.3, 0.4) is 0 Å². The fraction of sp³-hybridized carbons (Fsp3) is 0.778. The Morgan fingerprint density at radius 1 is 1.29 bits per heavy atom. The molecule has 0 saturated carbocycles. The number of aryl methyl sites for hydroxylation is 1. The topological polar surface area (TPSA) is 59.4 Å². The first kappa shape index (κ1) is 18.8. The van der Waals surface area contributed by atoms with E-state index in [2.05, 4.69) is 38.1 Å². The second-order valence-corrected chi connectivity index (χ2v) is 7.60. The van der Waals surface area contributed by atoms with Gasteiger partial charge in [0.2, 0.25) is 0 Å². The molecule has 136 valence electrons. The fourth-order valence-electron chi connectivity index (χ4n) is 3.20. The van der Waals surface area contributed by atoms with Crippen molar-refractivity contribution in [3.63, 3.8) is 0 Å². The highest BCUT2D eigenvalue weighted by Crippen LogP contribution is 2.25. The number of aromatic nitrogens is 2. The van der Waals surface area contributed by atoms with Gasteiger partial charge >= 0.3 is 6.03 Å². The van der Waals surface area contributed by atoms with Gasteiger partial charge in [-0.1, -0.05) is 27.7 Å². The Kier molecular flexibility index (Phi) is 6.27. The van der Waals surface area contributed by atoms with E-state index in [1.807, 2.05) is 23.4 Å². The molecule has 1 fully saturated rings. The first-order valence-electron chi connectivity index (χ1n) is 9.05. The first-order chi connectivity index (χ1) is 11.3. The van der Waals surface area contributed by atoms with Gasteiger partial charge in [-0.3, -0.25) is 4.68 Å². The Morgan fingerprint density at radius 2 is 1.92 bits per heavy atom. The third kappa shape index (κ3) is 4.72. The van der Waals surface area contributed by atoms with Crippen LogP contribution in [0.1, 0.15) is 59.6 Å². The van der Waals surface area contributed by atoms with Gasteiger partial charge < -0.3 is 15.0 Å². The van der Waals surface area contributed by atoms with E-state index in [4.69, 9.17) is 4.74 Å². The van der Waals surface area contributed by atoms with E-state index in [9.17, 15) is 4.79 Å². The van der Waals surface area contributed by atoms with Crippen LogP contribution in [0, 0.1) is 5.92 Å². The van der Waals surface area contributed by atoms with Crippen molar-refractivity contribution in [3.05, 3.63) is 11.9 Å². The Morgan fingerprint density at radius 3 is 2.46 bits per heavy atom. The Labute approximate surface area is 145 Å². The number of nitrogens with one attached hydrogen (secondary N) is 1. The maximum atomic E-state index is 12.6. The van der Waals surface area contributed by atoms with Crippen LogP contribution >= 0.6 is 0 Å². The molecule has 2 rings (SSSR count). The summed E-state index contributed by atoms with van der Waals surface area (Å²) in [7, 11) is 0. The molecule has 0 aromatic carbocycles. The van der Waals surface area contributed by atoms with Gasteiger partial charge in [0.05, 0.1) is 29.8 Å². The molecule has 2 atom stereocenters. The van der Waals surface area contributed by atoms with E-state index < -0.39 is 0 Å². The van der Waals surface area contributed by atoms with E-state index in [-0.39, 0.29) is 18.2 Å². The highest BCUT2D eigenvalue weighted by atomic mass is 16.5. The molecule has 6 nitrogen and oxygen atoms in total. The van der Waals surface area contributed by atoms with E-state index in [1.165, 1.54) is 0 Å². The van der Waals surface area contributed by atoms with Crippen LogP contribution in [0.5, 0.6) is 0 Å². The molecule has 1 N–H and O–H groups in total. The number of carbonyl (C=O) groups is 1. The summed E-state index contributed by atoms with van der Waals surface area (Å²) < 4.78 is 7.73. The number of amides is 2. The zero-order valence-electron chi connectivity index (χ0n) is 15.9. The van der Waals surface area contributed by atoms with Crippen molar-refractivity contribution in [1.29, 1.82) is 0 Å². The molecule has 0 bridgehead atoms. The van der Waals surface area contributed by atoms with E-state index in [0.717, 1.165) is 24.3 Å². The van der Waals surface area contributed by atoms with Crippen LogP contribution in [-0.2, 0) is 11.3 Å². The minimum Gasteiger partial charge on any atom is -0.372 e. The molecule has 0 spiro atoms. The minimum atomic E-state index is -0.0673. The Hall–Kier alpha value is -1.56. The summed E-state index contributed by atoms with van der Waals surface area (Å²) in [6.07, 6.45) is 2.99. The van der Waals surface area contributed by atoms with Crippen molar-refractivity contribution in [1.82, 2.24) is 14.7 Å². The lowest BCUT2D eigenvalue weighted by Gasteiger charge is -2.35. The van der Waals surface area contributed by atoms with Gasteiger partial charge in [-0.15, -0.1) is 0 Å². The van der Waals surface area contributed by atoms with Gasteiger partial charge in [0, 0.05) is 19.6 Å². The maximum Gasteiger partial charge on any atom is 0.322 e. The quantitative estimate of drug-likeness (QED) is 0.892. The third-order valence-electron chi connectivity index (χ3n) is 4.29. The van der Waals surface area contributed by atoms with Crippen molar-refractivity contribution in [2.75, 3.05) is 18.4 Å². The molecule has 2 unspecified atom stereocenters. The minimum absolute atomic E-state index is 0.0673. The number of carbonyl (C=O) groups excluding carboxylic acids is 1. The normalized spacial score (nSPS) is 21.6. The molecule has 1 aromatic rings. The van der Waals surface area contributed by atoms with Crippen molar-refractivity contribution < 1.29 is 9.53 Å². The standard InChI is InChI=1S/C18H32N4O2/c1-12(2)7-8-22-17(13(3)4)16(9-19-22)20-18(23)21-10-14(5)24-15(6)11-21/h9,12-15H,7-8,10-11H2,1-6H3,(H,20,23). The SMILES string of the molecule is CC(C)CCn1ncc(NC(=O)N2CC(C)OC(C)C2)c1C(C)C. The zero-order valence-corrected chi connectivity index (χ0v) is 15.9. The van der Waals surface area contributed by atoms with Gasteiger partial charge in [-0.25, -0.2) is 4.79 Å². The lowest BCUT2D eigenvalue weighted by atomic mass is 10.1. The second kappa shape index (κ2) is 8.01. The first-order valence-corrected chi connectivity index (χ1v) is 9.05. The summed E-state index contributed by atoms with van der Waals surface area (Å²) in [6.45, 7) is 14.8. The highest BCUT2D eigenvalue weighted by molar-refractivity contribution is 5.90. The van der Waals surface area contributed by atoms with Gasteiger partial charge in [0.15, 0.2) is 0 Å². The van der Waals surface area contributed by atoms with Crippen LogP contribution in [0.25, 0.3) is 0 Å². The Bertz CT molecular complexity index is 543. The molecule has 0 aliphatic carbocycles.